The third-order valence-electron chi connectivity index (χ3n) is 4.71. The van der Waals surface area contributed by atoms with E-state index in [1.807, 2.05) is 0 Å². The SMILES string of the molecule is CC1(C)CCCC2(C1)OC2COC1CCCCO1. The first-order valence-corrected chi connectivity index (χ1v) is 7.51. The van der Waals surface area contributed by atoms with Gasteiger partial charge in [-0.15, -0.1) is 0 Å². The van der Waals surface area contributed by atoms with Crippen molar-refractivity contribution in [1.29, 1.82) is 0 Å². The molecule has 3 rings (SSSR count). The quantitative estimate of drug-likeness (QED) is 0.724. The van der Waals surface area contributed by atoms with E-state index in [1.165, 1.54) is 38.5 Å². The lowest BCUT2D eigenvalue weighted by molar-refractivity contribution is -0.164. The van der Waals surface area contributed by atoms with Crippen LogP contribution in [0, 0.1) is 5.41 Å². The molecule has 0 aromatic rings. The second kappa shape index (κ2) is 4.77. The van der Waals surface area contributed by atoms with Crippen LogP contribution in [0.15, 0.2) is 0 Å². The lowest BCUT2D eigenvalue weighted by Gasteiger charge is -2.34. The molecule has 2 heterocycles. The number of ether oxygens (including phenoxy) is 3. The summed E-state index contributed by atoms with van der Waals surface area (Å²) in [6, 6.07) is 0. The molecule has 2 saturated heterocycles. The Labute approximate surface area is 110 Å². The van der Waals surface area contributed by atoms with Gasteiger partial charge in [0.1, 0.15) is 6.10 Å². The van der Waals surface area contributed by atoms with Crippen LogP contribution < -0.4 is 0 Å². The molecule has 2 aliphatic heterocycles. The van der Waals surface area contributed by atoms with Crippen LogP contribution in [0.5, 0.6) is 0 Å². The van der Waals surface area contributed by atoms with Crippen molar-refractivity contribution in [2.75, 3.05) is 13.2 Å². The van der Waals surface area contributed by atoms with Crippen LogP contribution in [0.1, 0.15) is 58.8 Å². The van der Waals surface area contributed by atoms with Gasteiger partial charge in [0.2, 0.25) is 0 Å². The Kier molecular flexibility index (Phi) is 3.41. The molecule has 1 saturated carbocycles. The van der Waals surface area contributed by atoms with Gasteiger partial charge in [0.25, 0.3) is 0 Å². The summed E-state index contributed by atoms with van der Waals surface area (Å²) in [5.41, 5.74) is 0.588. The number of hydrogen-bond acceptors (Lipinski definition) is 3. The van der Waals surface area contributed by atoms with Crippen molar-refractivity contribution < 1.29 is 14.2 Å². The van der Waals surface area contributed by atoms with E-state index in [0.717, 1.165) is 19.6 Å². The van der Waals surface area contributed by atoms with E-state index in [9.17, 15) is 0 Å². The Hall–Kier alpha value is -0.120. The molecule has 104 valence electrons. The Morgan fingerprint density at radius 3 is 2.78 bits per heavy atom. The largest absolute Gasteiger partial charge is 0.364 e. The zero-order valence-corrected chi connectivity index (χ0v) is 11.7. The van der Waals surface area contributed by atoms with E-state index < -0.39 is 0 Å². The molecular weight excluding hydrogens is 228 g/mol. The minimum Gasteiger partial charge on any atom is -0.364 e. The normalized spacial score (nSPS) is 43.0. The van der Waals surface area contributed by atoms with Crippen molar-refractivity contribution in [1.82, 2.24) is 0 Å². The fourth-order valence-electron chi connectivity index (χ4n) is 3.70. The first-order valence-electron chi connectivity index (χ1n) is 7.51. The van der Waals surface area contributed by atoms with Gasteiger partial charge >= 0.3 is 0 Å². The van der Waals surface area contributed by atoms with Crippen LogP contribution in [-0.4, -0.2) is 31.2 Å². The van der Waals surface area contributed by atoms with Gasteiger partial charge in [-0.1, -0.05) is 13.8 Å². The maximum Gasteiger partial charge on any atom is 0.157 e. The zero-order valence-electron chi connectivity index (χ0n) is 11.7. The van der Waals surface area contributed by atoms with E-state index in [2.05, 4.69) is 13.8 Å². The van der Waals surface area contributed by atoms with Crippen molar-refractivity contribution in [3.8, 4) is 0 Å². The van der Waals surface area contributed by atoms with Gasteiger partial charge in [0.15, 0.2) is 6.29 Å². The molecule has 3 aliphatic rings. The molecule has 1 spiro atoms. The molecule has 3 atom stereocenters. The van der Waals surface area contributed by atoms with Gasteiger partial charge in [0.05, 0.1) is 12.2 Å². The standard InChI is InChI=1S/C15H26O3/c1-14(2)7-5-8-15(11-14)12(18-15)10-17-13-6-3-4-9-16-13/h12-13H,3-11H2,1-2H3. The average molecular weight is 254 g/mol. The fourth-order valence-corrected chi connectivity index (χ4v) is 3.70. The molecule has 1 aliphatic carbocycles. The van der Waals surface area contributed by atoms with Gasteiger partial charge in [-0.25, -0.2) is 0 Å². The van der Waals surface area contributed by atoms with E-state index in [4.69, 9.17) is 14.2 Å². The third-order valence-corrected chi connectivity index (χ3v) is 4.71. The molecule has 18 heavy (non-hydrogen) atoms. The Balaban J connectivity index is 1.45. The molecule has 3 nitrogen and oxygen atoms in total. The topological polar surface area (TPSA) is 31.0 Å². The summed E-state index contributed by atoms with van der Waals surface area (Å²) < 4.78 is 17.4. The van der Waals surface area contributed by atoms with E-state index in [0.29, 0.717) is 11.5 Å². The van der Waals surface area contributed by atoms with Crippen LogP contribution >= 0.6 is 0 Å². The summed E-state index contributed by atoms with van der Waals surface area (Å²) in [4.78, 5) is 0. The maximum atomic E-state index is 5.99. The molecule has 3 fully saturated rings. The third kappa shape index (κ3) is 2.73. The average Bonchev–Trinajstić information content (AvgIpc) is 2.98. The second-order valence-electron chi connectivity index (χ2n) is 7.00. The van der Waals surface area contributed by atoms with Crippen LogP contribution in [-0.2, 0) is 14.2 Å². The maximum absolute atomic E-state index is 5.99. The van der Waals surface area contributed by atoms with Gasteiger partial charge < -0.3 is 14.2 Å². The first kappa shape index (κ1) is 12.9. The van der Waals surface area contributed by atoms with Crippen molar-refractivity contribution in [3.63, 3.8) is 0 Å². The predicted octanol–water partition coefficient (Wildman–Crippen LogP) is 3.27. The zero-order chi connectivity index (χ0) is 12.6. The minimum atomic E-state index is 0.0246. The number of hydrogen-bond donors (Lipinski definition) is 0. The Bertz CT molecular complexity index is 296. The van der Waals surface area contributed by atoms with E-state index >= 15 is 0 Å². The molecule has 0 amide bonds. The van der Waals surface area contributed by atoms with Crippen molar-refractivity contribution in [3.05, 3.63) is 0 Å². The van der Waals surface area contributed by atoms with Gasteiger partial charge in [0, 0.05) is 6.61 Å². The van der Waals surface area contributed by atoms with Gasteiger partial charge in [-0.05, 0) is 50.4 Å². The molecular formula is C15H26O3. The summed E-state index contributed by atoms with van der Waals surface area (Å²) in [6.45, 7) is 6.30. The van der Waals surface area contributed by atoms with Crippen LogP contribution in [0.25, 0.3) is 0 Å². The summed E-state index contributed by atoms with van der Waals surface area (Å²) in [5.74, 6) is 0. The molecule has 3 unspecified atom stereocenters. The molecule has 0 N–H and O–H groups in total. The highest BCUT2D eigenvalue weighted by Gasteiger charge is 2.59. The van der Waals surface area contributed by atoms with Crippen LogP contribution in [0.4, 0.5) is 0 Å². The van der Waals surface area contributed by atoms with E-state index in [1.54, 1.807) is 0 Å². The first-order chi connectivity index (χ1) is 8.60. The monoisotopic (exact) mass is 254 g/mol. The molecule has 0 bridgehead atoms. The predicted molar refractivity (Wildman–Crippen MR) is 69.4 cm³/mol. The lowest BCUT2D eigenvalue weighted by atomic mass is 9.71. The highest BCUT2D eigenvalue weighted by atomic mass is 16.7. The van der Waals surface area contributed by atoms with Crippen molar-refractivity contribution >= 4 is 0 Å². The highest BCUT2D eigenvalue weighted by Crippen LogP contribution is 2.54. The summed E-state index contributed by atoms with van der Waals surface area (Å²) in [7, 11) is 0. The minimum absolute atomic E-state index is 0.0246. The van der Waals surface area contributed by atoms with Gasteiger partial charge in [-0.3, -0.25) is 0 Å². The summed E-state index contributed by atoms with van der Waals surface area (Å²) in [5, 5.41) is 0. The molecule has 0 aromatic carbocycles. The molecule has 0 radical (unpaired) electrons. The second-order valence-corrected chi connectivity index (χ2v) is 7.00. The van der Waals surface area contributed by atoms with Crippen LogP contribution in [0.3, 0.4) is 0 Å². The van der Waals surface area contributed by atoms with Gasteiger partial charge in [-0.2, -0.15) is 0 Å². The van der Waals surface area contributed by atoms with E-state index in [-0.39, 0.29) is 11.9 Å². The number of rotatable bonds is 3. The van der Waals surface area contributed by atoms with Crippen molar-refractivity contribution in [2.45, 2.75) is 76.8 Å². The van der Waals surface area contributed by atoms with Crippen molar-refractivity contribution in [2.24, 2.45) is 5.41 Å². The number of epoxide rings is 1. The highest BCUT2D eigenvalue weighted by molar-refractivity contribution is 5.07. The smallest absolute Gasteiger partial charge is 0.157 e. The molecule has 0 aromatic heterocycles. The summed E-state index contributed by atoms with van der Waals surface area (Å²) >= 11 is 0. The van der Waals surface area contributed by atoms with Crippen LogP contribution in [0.2, 0.25) is 0 Å². The molecule has 3 heteroatoms. The fraction of sp³-hybridized carbons (Fsp3) is 1.00. The summed E-state index contributed by atoms with van der Waals surface area (Å²) in [6.07, 6.45) is 8.84. The Morgan fingerprint density at radius 1 is 1.17 bits per heavy atom. The Morgan fingerprint density at radius 2 is 2.06 bits per heavy atom. The lowest BCUT2D eigenvalue weighted by Crippen LogP contribution is -2.32.